The molecule has 2 aromatic heterocycles. The van der Waals surface area contributed by atoms with Crippen molar-refractivity contribution < 1.29 is 17.6 Å². The number of rotatable bonds is 5. The molecule has 0 saturated heterocycles. The third-order valence-corrected chi connectivity index (χ3v) is 4.63. The average molecular weight is 383 g/mol. The van der Waals surface area contributed by atoms with Crippen LogP contribution < -0.4 is 5.32 Å². The number of aromatic nitrogens is 2. The van der Waals surface area contributed by atoms with Crippen LogP contribution in [0.3, 0.4) is 0 Å². The molecule has 2 heterocycles. The van der Waals surface area contributed by atoms with Gasteiger partial charge in [-0.3, -0.25) is 0 Å². The zero-order valence-electron chi connectivity index (χ0n) is 14.9. The number of benzene rings is 2. The van der Waals surface area contributed by atoms with Crippen LogP contribution in [-0.2, 0) is 0 Å². The van der Waals surface area contributed by atoms with Crippen LogP contribution in [0, 0.1) is 5.82 Å². The number of nitrogens with one attached hydrogen (secondary N) is 1. The average Bonchev–Trinajstić information content (AvgIpc) is 3.22. The molecule has 0 aliphatic carbocycles. The van der Waals surface area contributed by atoms with E-state index < -0.39 is 23.8 Å². The summed E-state index contributed by atoms with van der Waals surface area (Å²) in [4.78, 5) is 0. The highest BCUT2D eigenvalue weighted by Crippen LogP contribution is 2.32. The first kappa shape index (κ1) is 18.0. The third kappa shape index (κ3) is 3.31. The standard InChI is InChI=1S/C21H16F3N3O/c1-12(15-3-2-4-16(20(15)22)21(23)24)26-19-10-25-27-18-6-5-13(9-17(18)19)14-7-8-28-11-14/h2-12,21H,1H3,(H,26,27)/t12-/m1/s1. The van der Waals surface area contributed by atoms with E-state index in [0.717, 1.165) is 22.6 Å². The van der Waals surface area contributed by atoms with Gasteiger partial charge in [0.05, 0.1) is 41.5 Å². The highest BCUT2D eigenvalue weighted by molar-refractivity contribution is 5.93. The summed E-state index contributed by atoms with van der Waals surface area (Å²) in [5.41, 5.74) is 2.68. The zero-order chi connectivity index (χ0) is 19.7. The molecule has 7 heteroatoms. The quantitative estimate of drug-likeness (QED) is 0.450. The van der Waals surface area contributed by atoms with Crippen LogP contribution >= 0.6 is 0 Å². The molecule has 0 fully saturated rings. The summed E-state index contributed by atoms with van der Waals surface area (Å²) in [6.07, 6.45) is 1.89. The largest absolute Gasteiger partial charge is 0.472 e. The van der Waals surface area contributed by atoms with Crippen molar-refractivity contribution in [1.82, 2.24) is 10.2 Å². The first-order valence-corrected chi connectivity index (χ1v) is 8.65. The molecule has 1 atom stereocenters. The molecule has 0 saturated carbocycles. The van der Waals surface area contributed by atoms with E-state index in [4.69, 9.17) is 4.42 Å². The predicted molar refractivity (Wildman–Crippen MR) is 101 cm³/mol. The number of alkyl halides is 2. The van der Waals surface area contributed by atoms with Crippen LogP contribution in [0.15, 0.2) is 65.6 Å². The normalized spacial score (nSPS) is 12.5. The predicted octanol–water partition coefficient (Wildman–Crippen LogP) is 6.14. The molecular formula is C21H16F3N3O. The summed E-state index contributed by atoms with van der Waals surface area (Å²) < 4.78 is 45.6. The first-order chi connectivity index (χ1) is 13.5. The summed E-state index contributed by atoms with van der Waals surface area (Å²) in [6, 6.07) is 11.0. The lowest BCUT2D eigenvalue weighted by atomic mass is 10.0. The van der Waals surface area contributed by atoms with E-state index in [9.17, 15) is 13.2 Å². The minimum absolute atomic E-state index is 0.161. The van der Waals surface area contributed by atoms with Crippen molar-refractivity contribution in [1.29, 1.82) is 0 Å². The highest BCUT2D eigenvalue weighted by Gasteiger charge is 2.20. The maximum atomic E-state index is 14.5. The van der Waals surface area contributed by atoms with Crippen molar-refractivity contribution in [2.75, 3.05) is 5.32 Å². The number of nitrogens with zero attached hydrogens (tertiary/aromatic N) is 2. The summed E-state index contributed by atoms with van der Waals surface area (Å²) in [5, 5.41) is 12.0. The minimum atomic E-state index is -2.87. The second kappa shape index (κ2) is 7.34. The molecule has 0 aliphatic heterocycles. The molecule has 0 aliphatic rings. The summed E-state index contributed by atoms with van der Waals surface area (Å²) in [6.45, 7) is 1.71. The zero-order valence-corrected chi connectivity index (χ0v) is 14.9. The number of fused-ring (bicyclic) bond motifs is 1. The number of halogens is 3. The van der Waals surface area contributed by atoms with Gasteiger partial charge in [0.2, 0.25) is 0 Å². The Morgan fingerprint density at radius 1 is 1.04 bits per heavy atom. The van der Waals surface area contributed by atoms with E-state index in [1.165, 1.54) is 18.3 Å². The molecule has 0 amide bonds. The van der Waals surface area contributed by atoms with Crippen molar-refractivity contribution in [3.63, 3.8) is 0 Å². The van der Waals surface area contributed by atoms with Gasteiger partial charge in [-0.25, -0.2) is 13.2 Å². The summed E-state index contributed by atoms with van der Waals surface area (Å²) in [7, 11) is 0. The molecule has 142 valence electrons. The van der Waals surface area contributed by atoms with E-state index in [1.54, 1.807) is 19.5 Å². The summed E-state index contributed by atoms with van der Waals surface area (Å²) in [5.74, 6) is -0.900. The maximum absolute atomic E-state index is 14.5. The van der Waals surface area contributed by atoms with Gasteiger partial charge in [-0.1, -0.05) is 24.3 Å². The van der Waals surface area contributed by atoms with E-state index in [-0.39, 0.29) is 5.56 Å². The van der Waals surface area contributed by atoms with Gasteiger partial charge in [0.25, 0.3) is 6.43 Å². The van der Waals surface area contributed by atoms with Crippen molar-refractivity contribution in [3.05, 3.63) is 78.1 Å². The second-order valence-corrected chi connectivity index (χ2v) is 6.42. The van der Waals surface area contributed by atoms with Crippen LogP contribution in [0.4, 0.5) is 18.9 Å². The molecule has 0 bridgehead atoms. The van der Waals surface area contributed by atoms with Crippen molar-refractivity contribution in [3.8, 4) is 11.1 Å². The molecule has 4 aromatic rings. The Morgan fingerprint density at radius 3 is 2.61 bits per heavy atom. The topological polar surface area (TPSA) is 51.0 Å². The van der Waals surface area contributed by atoms with Crippen LogP contribution in [0.1, 0.15) is 30.5 Å². The Bertz CT molecular complexity index is 1110. The highest BCUT2D eigenvalue weighted by atomic mass is 19.3. The molecule has 0 radical (unpaired) electrons. The molecule has 4 rings (SSSR count). The fourth-order valence-electron chi connectivity index (χ4n) is 3.16. The summed E-state index contributed by atoms with van der Waals surface area (Å²) >= 11 is 0. The van der Waals surface area contributed by atoms with Crippen LogP contribution in [0.2, 0.25) is 0 Å². The molecule has 0 unspecified atom stereocenters. The van der Waals surface area contributed by atoms with E-state index in [1.807, 2.05) is 24.3 Å². The van der Waals surface area contributed by atoms with Gasteiger partial charge in [-0.15, -0.1) is 0 Å². The SMILES string of the molecule is C[C@@H](Nc1cnnc2ccc(-c3ccoc3)cc12)c1cccc(C(F)F)c1F. The number of hydrogen-bond donors (Lipinski definition) is 1. The molecule has 4 nitrogen and oxygen atoms in total. The van der Waals surface area contributed by atoms with Crippen LogP contribution in [0.25, 0.3) is 22.0 Å². The molecule has 28 heavy (non-hydrogen) atoms. The lowest BCUT2D eigenvalue weighted by Crippen LogP contribution is -2.11. The van der Waals surface area contributed by atoms with Gasteiger partial charge >= 0.3 is 0 Å². The first-order valence-electron chi connectivity index (χ1n) is 8.65. The molecule has 2 aromatic carbocycles. The number of furan rings is 1. The fraction of sp³-hybridized carbons (Fsp3) is 0.143. The van der Waals surface area contributed by atoms with E-state index in [0.29, 0.717) is 11.2 Å². The van der Waals surface area contributed by atoms with Gasteiger partial charge in [-0.05, 0) is 30.7 Å². The van der Waals surface area contributed by atoms with Crippen molar-refractivity contribution >= 4 is 16.6 Å². The van der Waals surface area contributed by atoms with Crippen molar-refractivity contribution in [2.24, 2.45) is 0 Å². The van der Waals surface area contributed by atoms with Gasteiger partial charge in [0.1, 0.15) is 5.82 Å². The Hall–Kier alpha value is -3.35. The minimum Gasteiger partial charge on any atom is -0.472 e. The molecular weight excluding hydrogens is 367 g/mol. The Balaban J connectivity index is 1.72. The van der Waals surface area contributed by atoms with Gasteiger partial charge in [-0.2, -0.15) is 10.2 Å². The Labute approximate surface area is 159 Å². The Kier molecular flexibility index (Phi) is 4.73. The van der Waals surface area contributed by atoms with Gasteiger partial charge in [0, 0.05) is 16.5 Å². The fourth-order valence-corrected chi connectivity index (χ4v) is 3.16. The second-order valence-electron chi connectivity index (χ2n) is 6.42. The number of hydrogen-bond acceptors (Lipinski definition) is 4. The van der Waals surface area contributed by atoms with E-state index >= 15 is 0 Å². The van der Waals surface area contributed by atoms with Crippen molar-refractivity contribution in [2.45, 2.75) is 19.4 Å². The lowest BCUT2D eigenvalue weighted by Gasteiger charge is -2.18. The van der Waals surface area contributed by atoms with Gasteiger partial charge < -0.3 is 9.73 Å². The van der Waals surface area contributed by atoms with Crippen LogP contribution in [0.5, 0.6) is 0 Å². The molecule has 1 N–H and O–H groups in total. The monoisotopic (exact) mass is 383 g/mol. The third-order valence-electron chi connectivity index (χ3n) is 4.63. The number of anilines is 1. The Morgan fingerprint density at radius 2 is 1.86 bits per heavy atom. The van der Waals surface area contributed by atoms with Crippen LogP contribution in [-0.4, -0.2) is 10.2 Å². The smallest absolute Gasteiger partial charge is 0.266 e. The van der Waals surface area contributed by atoms with Gasteiger partial charge in [0.15, 0.2) is 0 Å². The molecule has 0 spiro atoms. The lowest BCUT2D eigenvalue weighted by molar-refractivity contribution is 0.146. The van der Waals surface area contributed by atoms with E-state index in [2.05, 4.69) is 15.5 Å². The maximum Gasteiger partial charge on any atom is 0.266 e.